The van der Waals surface area contributed by atoms with E-state index in [1.165, 1.54) is 0 Å². The predicted octanol–water partition coefficient (Wildman–Crippen LogP) is -1.48. The minimum atomic E-state index is -1.66. The van der Waals surface area contributed by atoms with Crippen LogP contribution in [0.5, 0.6) is 0 Å². The molecule has 1 rings (SSSR count). The summed E-state index contributed by atoms with van der Waals surface area (Å²) < 4.78 is 0. The van der Waals surface area contributed by atoms with Crippen LogP contribution < -0.4 is 5.43 Å². The molecule has 0 heterocycles. The van der Waals surface area contributed by atoms with Crippen LogP contribution in [-0.4, -0.2) is 62.8 Å². The molecule has 106 valence electrons. The molecule has 0 radical (unpaired) electrons. The normalized spacial score (nSPS) is 17.9. The molecule has 0 aliphatic heterocycles. The fourth-order valence-electron chi connectivity index (χ4n) is 1.33. The summed E-state index contributed by atoms with van der Waals surface area (Å²) in [6.07, 6.45) is -5.33. The molecule has 4 atom stereocenters. The molecule has 1 aromatic rings. The molecule has 1 aromatic carbocycles. The Morgan fingerprint density at radius 3 is 2.26 bits per heavy atom. The molecule has 0 bridgehead atoms. The lowest BCUT2D eigenvalue weighted by Gasteiger charge is -2.23. The standard InChI is InChI=1S/C12H18N2O5/c15-7-10(17)12(19)11(18)9(16)6-13-14-8-4-2-1-3-5-8/h1-6,9-12,14-19H,7H2/b13-6-/t9-,10-,11+,12-/m1/s1. The maximum absolute atomic E-state index is 9.52. The quantitative estimate of drug-likeness (QED) is 0.265. The lowest BCUT2D eigenvalue weighted by molar-refractivity contribution is -0.0999. The number of hydrogen-bond acceptors (Lipinski definition) is 7. The largest absolute Gasteiger partial charge is 0.394 e. The van der Waals surface area contributed by atoms with Crippen LogP contribution in [0.1, 0.15) is 0 Å². The molecule has 7 heteroatoms. The highest BCUT2D eigenvalue weighted by atomic mass is 16.4. The van der Waals surface area contributed by atoms with E-state index in [1.54, 1.807) is 24.3 Å². The van der Waals surface area contributed by atoms with Crippen LogP contribution in [0.2, 0.25) is 0 Å². The van der Waals surface area contributed by atoms with E-state index in [4.69, 9.17) is 10.2 Å². The minimum absolute atomic E-state index is 0.691. The van der Waals surface area contributed by atoms with Crippen LogP contribution in [0.15, 0.2) is 35.4 Å². The van der Waals surface area contributed by atoms with Crippen molar-refractivity contribution < 1.29 is 25.5 Å². The maximum Gasteiger partial charge on any atom is 0.119 e. The fraction of sp³-hybridized carbons (Fsp3) is 0.417. The number of para-hydroxylation sites is 1. The van der Waals surface area contributed by atoms with E-state index in [2.05, 4.69) is 10.5 Å². The summed E-state index contributed by atoms with van der Waals surface area (Å²) in [5, 5.41) is 49.8. The van der Waals surface area contributed by atoms with Gasteiger partial charge in [0.1, 0.15) is 24.4 Å². The number of benzene rings is 1. The molecule has 0 fully saturated rings. The van der Waals surface area contributed by atoms with Gasteiger partial charge < -0.3 is 25.5 Å². The second-order valence-electron chi connectivity index (χ2n) is 3.98. The Balaban J connectivity index is 2.47. The third kappa shape index (κ3) is 4.93. The monoisotopic (exact) mass is 270 g/mol. The van der Waals surface area contributed by atoms with E-state index in [0.29, 0.717) is 5.69 Å². The maximum atomic E-state index is 9.52. The SMILES string of the molecule is OC[C@@H](O)[C@@H](O)[C@@H](O)[C@H](O)/C=N\Nc1ccccc1. The number of aliphatic hydroxyl groups excluding tert-OH is 5. The fourth-order valence-corrected chi connectivity index (χ4v) is 1.33. The summed E-state index contributed by atoms with van der Waals surface area (Å²) in [6, 6.07) is 8.93. The minimum Gasteiger partial charge on any atom is -0.394 e. The van der Waals surface area contributed by atoms with Crippen molar-refractivity contribution in [1.82, 2.24) is 0 Å². The zero-order chi connectivity index (χ0) is 14.3. The van der Waals surface area contributed by atoms with Crippen molar-refractivity contribution in [2.45, 2.75) is 24.4 Å². The second kappa shape index (κ2) is 7.82. The summed E-state index contributed by atoms with van der Waals surface area (Å²) in [5.41, 5.74) is 3.31. The topological polar surface area (TPSA) is 126 Å². The van der Waals surface area contributed by atoms with Crippen molar-refractivity contribution in [1.29, 1.82) is 0 Å². The summed E-state index contributed by atoms with van der Waals surface area (Å²) in [7, 11) is 0. The van der Waals surface area contributed by atoms with Gasteiger partial charge in [0.05, 0.1) is 18.5 Å². The van der Waals surface area contributed by atoms with E-state index in [-0.39, 0.29) is 0 Å². The predicted molar refractivity (Wildman–Crippen MR) is 69.7 cm³/mol. The summed E-state index contributed by atoms with van der Waals surface area (Å²) in [6.45, 7) is -0.718. The molecule has 0 saturated heterocycles. The summed E-state index contributed by atoms with van der Waals surface area (Å²) in [4.78, 5) is 0. The number of hydrazone groups is 1. The number of anilines is 1. The Labute approximate surface area is 110 Å². The van der Waals surface area contributed by atoms with Crippen molar-refractivity contribution in [2.75, 3.05) is 12.0 Å². The van der Waals surface area contributed by atoms with E-state index >= 15 is 0 Å². The lowest BCUT2D eigenvalue weighted by Crippen LogP contribution is -2.46. The van der Waals surface area contributed by atoms with Crippen LogP contribution in [-0.2, 0) is 0 Å². The van der Waals surface area contributed by atoms with Gasteiger partial charge in [-0.05, 0) is 12.1 Å². The van der Waals surface area contributed by atoms with Crippen molar-refractivity contribution in [3.05, 3.63) is 30.3 Å². The number of hydrogen-bond donors (Lipinski definition) is 6. The van der Waals surface area contributed by atoms with E-state index in [9.17, 15) is 15.3 Å². The van der Waals surface area contributed by atoms with E-state index in [1.807, 2.05) is 6.07 Å². The number of nitrogens with zero attached hydrogens (tertiary/aromatic N) is 1. The zero-order valence-corrected chi connectivity index (χ0v) is 10.2. The molecule has 6 N–H and O–H groups in total. The molecule has 0 aromatic heterocycles. The van der Waals surface area contributed by atoms with Crippen LogP contribution >= 0.6 is 0 Å². The Morgan fingerprint density at radius 2 is 1.68 bits per heavy atom. The number of aliphatic hydroxyl groups is 5. The third-order valence-electron chi connectivity index (χ3n) is 2.48. The first kappa shape index (κ1) is 15.5. The number of nitrogens with one attached hydrogen (secondary N) is 1. The summed E-state index contributed by atoms with van der Waals surface area (Å²) in [5.74, 6) is 0. The van der Waals surface area contributed by atoms with Crippen molar-refractivity contribution in [2.24, 2.45) is 5.10 Å². The Bertz CT molecular complexity index is 387. The van der Waals surface area contributed by atoms with Gasteiger partial charge in [-0.3, -0.25) is 5.43 Å². The number of rotatable bonds is 7. The smallest absolute Gasteiger partial charge is 0.119 e. The van der Waals surface area contributed by atoms with Crippen molar-refractivity contribution >= 4 is 11.9 Å². The molecule has 0 saturated carbocycles. The van der Waals surface area contributed by atoms with E-state index < -0.39 is 31.0 Å². The van der Waals surface area contributed by atoms with Gasteiger partial charge in [0.15, 0.2) is 0 Å². The van der Waals surface area contributed by atoms with E-state index in [0.717, 1.165) is 6.21 Å². The highest BCUT2D eigenvalue weighted by molar-refractivity contribution is 5.65. The molecule has 19 heavy (non-hydrogen) atoms. The van der Waals surface area contributed by atoms with Gasteiger partial charge >= 0.3 is 0 Å². The molecule has 0 spiro atoms. The highest BCUT2D eigenvalue weighted by Crippen LogP contribution is 2.06. The van der Waals surface area contributed by atoms with Crippen LogP contribution in [0.3, 0.4) is 0 Å². The molecule has 0 aliphatic carbocycles. The molecular formula is C12H18N2O5. The average molecular weight is 270 g/mol. The van der Waals surface area contributed by atoms with Crippen molar-refractivity contribution in [3.63, 3.8) is 0 Å². The van der Waals surface area contributed by atoms with Crippen LogP contribution in [0.4, 0.5) is 5.69 Å². The van der Waals surface area contributed by atoms with Gasteiger partial charge in [-0.1, -0.05) is 18.2 Å². The molecule has 0 unspecified atom stereocenters. The average Bonchev–Trinajstić information content (AvgIpc) is 2.45. The van der Waals surface area contributed by atoms with Gasteiger partial charge in [-0.15, -0.1) is 0 Å². The molecule has 0 amide bonds. The van der Waals surface area contributed by atoms with Crippen LogP contribution in [0.25, 0.3) is 0 Å². The van der Waals surface area contributed by atoms with Crippen molar-refractivity contribution in [3.8, 4) is 0 Å². The zero-order valence-electron chi connectivity index (χ0n) is 10.2. The van der Waals surface area contributed by atoms with Gasteiger partial charge in [0.2, 0.25) is 0 Å². The first-order valence-electron chi connectivity index (χ1n) is 5.73. The van der Waals surface area contributed by atoms with Gasteiger partial charge in [-0.2, -0.15) is 5.10 Å². The van der Waals surface area contributed by atoms with Crippen LogP contribution in [0, 0.1) is 0 Å². The molecular weight excluding hydrogens is 252 g/mol. The van der Waals surface area contributed by atoms with Gasteiger partial charge in [-0.25, -0.2) is 0 Å². The van der Waals surface area contributed by atoms with Gasteiger partial charge in [0, 0.05) is 0 Å². The first-order chi connectivity index (χ1) is 9.06. The summed E-state index contributed by atoms with van der Waals surface area (Å²) >= 11 is 0. The lowest BCUT2D eigenvalue weighted by atomic mass is 10.0. The Kier molecular flexibility index (Phi) is 6.40. The first-order valence-corrected chi connectivity index (χ1v) is 5.73. The molecule has 7 nitrogen and oxygen atoms in total. The second-order valence-corrected chi connectivity index (χ2v) is 3.98. The third-order valence-corrected chi connectivity index (χ3v) is 2.48. The Hall–Kier alpha value is -1.51. The Morgan fingerprint density at radius 1 is 1.05 bits per heavy atom. The molecule has 0 aliphatic rings. The van der Waals surface area contributed by atoms with Gasteiger partial charge in [0.25, 0.3) is 0 Å². The highest BCUT2D eigenvalue weighted by Gasteiger charge is 2.29.